The minimum Gasteiger partial charge on any atom is -0.316 e. The van der Waals surface area contributed by atoms with E-state index in [2.05, 4.69) is 28.2 Å². The van der Waals surface area contributed by atoms with Crippen molar-refractivity contribution in [3.63, 3.8) is 0 Å². The van der Waals surface area contributed by atoms with Crippen LogP contribution >= 0.6 is 0 Å². The van der Waals surface area contributed by atoms with E-state index in [1.807, 2.05) is 18.5 Å². The molecule has 1 aromatic rings. The second kappa shape index (κ2) is 7.49. The van der Waals surface area contributed by atoms with Crippen molar-refractivity contribution in [2.75, 3.05) is 32.7 Å². The standard InChI is InChI=1S/C15H25N3/c1-2-7-16-12-15-6-10-18(13-15)9-5-14-4-3-8-17-11-14/h3-4,8,11,15-16H,2,5-7,9-10,12-13H2,1H3. The van der Waals surface area contributed by atoms with Gasteiger partial charge in [-0.15, -0.1) is 0 Å². The van der Waals surface area contributed by atoms with Gasteiger partial charge in [-0.05, 0) is 56.4 Å². The Balaban J connectivity index is 1.64. The van der Waals surface area contributed by atoms with Crippen molar-refractivity contribution in [2.24, 2.45) is 5.92 Å². The highest BCUT2D eigenvalue weighted by atomic mass is 15.1. The molecule has 0 radical (unpaired) electrons. The average molecular weight is 247 g/mol. The summed E-state index contributed by atoms with van der Waals surface area (Å²) in [6.07, 6.45) is 7.54. The van der Waals surface area contributed by atoms with Crippen molar-refractivity contribution in [1.82, 2.24) is 15.2 Å². The number of pyridine rings is 1. The van der Waals surface area contributed by atoms with E-state index in [1.54, 1.807) is 0 Å². The van der Waals surface area contributed by atoms with Crippen molar-refractivity contribution in [3.8, 4) is 0 Å². The Morgan fingerprint density at radius 1 is 1.50 bits per heavy atom. The molecule has 1 atom stereocenters. The third-order valence-electron chi connectivity index (χ3n) is 3.67. The van der Waals surface area contributed by atoms with Crippen LogP contribution in [-0.4, -0.2) is 42.6 Å². The molecule has 0 amide bonds. The van der Waals surface area contributed by atoms with Crippen LogP contribution in [0.15, 0.2) is 24.5 Å². The Hall–Kier alpha value is -0.930. The Morgan fingerprint density at radius 3 is 3.22 bits per heavy atom. The first-order valence-corrected chi connectivity index (χ1v) is 7.20. The Bertz CT molecular complexity index is 326. The first-order valence-electron chi connectivity index (χ1n) is 7.20. The monoisotopic (exact) mass is 247 g/mol. The maximum atomic E-state index is 4.17. The van der Waals surface area contributed by atoms with Gasteiger partial charge in [0.2, 0.25) is 0 Å². The molecule has 0 aliphatic carbocycles. The predicted molar refractivity (Wildman–Crippen MR) is 75.6 cm³/mol. The van der Waals surface area contributed by atoms with E-state index < -0.39 is 0 Å². The van der Waals surface area contributed by atoms with Gasteiger partial charge in [-0.2, -0.15) is 0 Å². The summed E-state index contributed by atoms with van der Waals surface area (Å²) < 4.78 is 0. The molecule has 1 fully saturated rings. The first-order chi connectivity index (χ1) is 8.88. The lowest BCUT2D eigenvalue weighted by molar-refractivity contribution is 0.325. The summed E-state index contributed by atoms with van der Waals surface area (Å²) in [5.74, 6) is 0.852. The molecule has 1 unspecified atom stereocenters. The minimum absolute atomic E-state index is 0.852. The summed E-state index contributed by atoms with van der Waals surface area (Å²) in [4.78, 5) is 6.75. The molecule has 1 aromatic heterocycles. The fourth-order valence-corrected chi connectivity index (χ4v) is 2.60. The zero-order chi connectivity index (χ0) is 12.6. The molecule has 1 aliphatic rings. The largest absolute Gasteiger partial charge is 0.316 e. The molecule has 3 heteroatoms. The van der Waals surface area contributed by atoms with Crippen LogP contribution < -0.4 is 5.32 Å². The fourth-order valence-electron chi connectivity index (χ4n) is 2.60. The van der Waals surface area contributed by atoms with Crippen molar-refractivity contribution >= 4 is 0 Å². The maximum absolute atomic E-state index is 4.17. The molecule has 0 spiro atoms. The van der Waals surface area contributed by atoms with E-state index in [-0.39, 0.29) is 0 Å². The summed E-state index contributed by atoms with van der Waals surface area (Å²) in [5, 5.41) is 3.53. The van der Waals surface area contributed by atoms with Gasteiger partial charge in [-0.25, -0.2) is 0 Å². The number of aromatic nitrogens is 1. The molecule has 1 N–H and O–H groups in total. The minimum atomic E-state index is 0.852. The van der Waals surface area contributed by atoms with Crippen molar-refractivity contribution < 1.29 is 0 Å². The molecule has 18 heavy (non-hydrogen) atoms. The molecule has 2 rings (SSSR count). The predicted octanol–water partition coefficient (Wildman–Crippen LogP) is 1.95. The van der Waals surface area contributed by atoms with Crippen LogP contribution in [0, 0.1) is 5.92 Å². The average Bonchev–Trinajstić information content (AvgIpc) is 2.86. The highest BCUT2D eigenvalue weighted by molar-refractivity contribution is 5.08. The zero-order valence-electron chi connectivity index (χ0n) is 11.4. The zero-order valence-corrected chi connectivity index (χ0v) is 11.4. The van der Waals surface area contributed by atoms with Gasteiger partial charge in [0.1, 0.15) is 0 Å². The highest BCUT2D eigenvalue weighted by Gasteiger charge is 2.21. The molecule has 1 saturated heterocycles. The van der Waals surface area contributed by atoms with E-state index >= 15 is 0 Å². The van der Waals surface area contributed by atoms with Crippen LogP contribution in [0.4, 0.5) is 0 Å². The smallest absolute Gasteiger partial charge is 0.0300 e. The second-order valence-electron chi connectivity index (χ2n) is 5.27. The van der Waals surface area contributed by atoms with Crippen LogP contribution in [0.2, 0.25) is 0 Å². The normalized spacial score (nSPS) is 20.4. The SMILES string of the molecule is CCCNCC1CCN(CCc2cccnc2)C1. The highest BCUT2D eigenvalue weighted by Crippen LogP contribution is 2.15. The topological polar surface area (TPSA) is 28.2 Å². The lowest BCUT2D eigenvalue weighted by Gasteiger charge is -2.16. The molecule has 100 valence electrons. The lowest BCUT2D eigenvalue weighted by Crippen LogP contribution is -2.28. The third kappa shape index (κ3) is 4.39. The summed E-state index contributed by atoms with van der Waals surface area (Å²) in [6, 6.07) is 4.19. The van der Waals surface area contributed by atoms with Crippen LogP contribution in [0.3, 0.4) is 0 Å². The van der Waals surface area contributed by atoms with Crippen LogP contribution in [-0.2, 0) is 6.42 Å². The van der Waals surface area contributed by atoms with E-state index in [4.69, 9.17) is 0 Å². The lowest BCUT2D eigenvalue weighted by atomic mass is 10.1. The Morgan fingerprint density at radius 2 is 2.44 bits per heavy atom. The van der Waals surface area contributed by atoms with Gasteiger partial charge >= 0.3 is 0 Å². The quantitative estimate of drug-likeness (QED) is 0.746. The van der Waals surface area contributed by atoms with Crippen molar-refractivity contribution in [2.45, 2.75) is 26.2 Å². The van der Waals surface area contributed by atoms with Gasteiger partial charge < -0.3 is 10.2 Å². The van der Waals surface area contributed by atoms with Crippen LogP contribution in [0.5, 0.6) is 0 Å². The molecule has 3 nitrogen and oxygen atoms in total. The van der Waals surface area contributed by atoms with Gasteiger partial charge in [0.25, 0.3) is 0 Å². The van der Waals surface area contributed by atoms with Crippen molar-refractivity contribution in [1.29, 1.82) is 0 Å². The summed E-state index contributed by atoms with van der Waals surface area (Å²) in [5.41, 5.74) is 1.35. The molecule has 0 aromatic carbocycles. The van der Waals surface area contributed by atoms with Gasteiger partial charge in [0.15, 0.2) is 0 Å². The Kier molecular flexibility index (Phi) is 5.62. The van der Waals surface area contributed by atoms with E-state index in [9.17, 15) is 0 Å². The Labute approximate surface area is 111 Å². The number of rotatable bonds is 7. The second-order valence-corrected chi connectivity index (χ2v) is 5.27. The van der Waals surface area contributed by atoms with E-state index in [1.165, 1.54) is 44.6 Å². The van der Waals surface area contributed by atoms with Crippen LogP contribution in [0.1, 0.15) is 25.3 Å². The molecule has 2 heterocycles. The van der Waals surface area contributed by atoms with E-state index in [0.29, 0.717) is 0 Å². The summed E-state index contributed by atoms with van der Waals surface area (Å²) in [6.45, 7) is 8.27. The van der Waals surface area contributed by atoms with Gasteiger partial charge in [0, 0.05) is 25.5 Å². The molecule has 0 saturated carbocycles. The maximum Gasteiger partial charge on any atom is 0.0300 e. The molecular formula is C15H25N3. The molecular weight excluding hydrogens is 222 g/mol. The number of likely N-dealkylation sites (tertiary alicyclic amines) is 1. The fraction of sp³-hybridized carbons (Fsp3) is 0.667. The number of nitrogens with zero attached hydrogens (tertiary/aromatic N) is 2. The number of nitrogens with one attached hydrogen (secondary N) is 1. The van der Waals surface area contributed by atoms with Crippen LogP contribution in [0.25, 0.3) is 0 Å². The van der Waals surface area contributed by atoms with E-state index in [0.717, 1.165) is 18.9 Å². The summed E-state index contributed by atoms with van der Waals surface area (Å²) in [7, 11) is 0. The molecule has 0 bridgehead atoms. The first kappa shape index (κ1) is 13.5. The third-order valence-corrected chi connectivity index (χ3v) is 3.67. The van der Waals surface area contributed by atoms with Gasteiger partial charge in [-0.3, -0.25) is 4.98 Å². The molecule has 1 aliphatic heterocycles. The number of hydrogen-bond donors (Lipinski definition) is 1. The van der Waals surface area contributed by atoms with Gasteiger partial charge in [0.05, 0.1) is 0 Å². The number of hydrogen-bond acceptors (Lipinski definition) is 3. The summed E-state index contributed by atoms with van der Waals surface area (Å²) >= 11 is 0. The van der Waals surface area contributed by atoms with Gasteiger partial charge in [-0.1, -0.05) is 13.0 Å². The van der Waals surface area contributed by atoms with Crippen molar-refractivity contribution in [3.05, 3.63) is 30.1 Å².